The number of rotatable bonds is 3. The molecule has 2 N–H and O–H groups in total. The third kappa shape index (κ3) is 4.79. The van der Waals surface area contributed by atoms with Crippen molar-refractivity contribution in [1.82, 2.24) is 5.32 Å². The second kappa shape index (κ2) is 7.32. The minimum Gasteiger partial charge on any atom is -0.334 e. The number of aryl methyl sites for hydroxylation is 1. The third-order valence-corrected chi connectivity index (χ3v) is 3.84. The molecule has 0 aliphatic rings. The van der Waals surface area contributed by atoms with Gasteiger partial charge in [0.05, 0.1) is 10.6 Å². The Hall–Kier alpha value is -1.92. The fraction of sp³-hybridized carbons (Fsp3) is 0.188. The Kier molecular flexibility index (Phi) is 5.62. The van der Waals surface area contributed by atoms with Crippen LogP contribution in [0.15, 0.2) is 36.4 Å². The van der Waals surface area contributed by atoms with Gasteiger partial charge in [-0.05, 0) is 48.4 Å². The zero-order valence-electron chi connectivity index (χ0n) is 12.5. The Morgan fingerprint density at radius 2 is 1.83 bits per heavy atom. The van der Waals surface area contributed by atoms with Crippen LogP contribution in [0.5, 0.6) is 0 Å². The molecule has 0 atom stereocenters. The minimum atomic E-state index is -4.59. The van der Waals surface area contributed by atoms with Gasteiger partial charge in [0, 0.05) is 17.3 Å². The highest BCUT2D eigenvalue weighted by Gasteiger charge is 2.33. The zero-order chi connectivity index (χ0) is 17.9. The first kappa shape index (κ1) is 18.4. The van der Waals surface area contributed by atoms with Gasteiger partial charge < -0.3 is 10.6 Å². The van der Waals surface area contributed by atoms with Crippen LogP contribution in [0.2, 0.25) is 10.0 Å². The van der Waals surface area contributed by atoms with Crippen molar-refractivity contribution in [2.45, 2.75) is 19.6 Å². The summed E-state index contributed by atoms with van der Waals surface area (Å²) in [6, 6.07) is 7.76. The summed E-state index contributed by atoms with van der Waals surface area (Å²) in [6.07, 6.45) is -4.59. The molecular formula is C16H13Cl2F3N2O. The first-order valence-corrected chi connectivity index (χ1v) is 7.59. The van der Waals surface area contributed by atoms with Crippen LogP contribution < -0.4 is 10.6 Å². The Morgan fingerprint density at radius 3 is 2.46 bits per heavy atom. The lowest BCUT2D eigenvalue weighted by molar-refractivity contribution is -0.137. The maximum atomic E-state index is 12.8. The lowest BCUT2D eigenvalue weighted by Crippen LogP contribution is -2.28. The number of alkyl halides is 3. The second-order valence-corrected chi connectivity index (χ2v) is 5.91. The summed E-state index contributed by atoms with van der Waals surface area (Å²) in [4.78, 5) is 11.8. The van der Waals surface area contributed by atoms with Gasteiger partial charge in [-0.25, -0.2) is 4.79 Å². The normalized spacial score (nSPS) is 11.2. The summed E-state index contributed by atoms with van der Waals surface area (Å²) in [7, 11) is 0. The van der Waals surface area contributed by atoms with Gasteiger partial charge in [0.25, 0.3) is 0 Å². The van der Waals surface area contributed by atoms with E-state index in [1.807, 2.05) is 6.92 Å². The van der Waals surface area contributed by atoms with Crippen molar-refractivity contribution < 1.29 is 18.0 Å². The number of hydrogen-bond donors (Lipinski definition) is 2. The average molecular weight is 377 g/mol. The van der Waals surface area contributed by atoms with Gasteiger partial charge in [-0.1, -0.05) is 29.3 Å². The number of hydrogen-bond acceptors (Lipinski definition) is 1. The van der Waals surface area contributed by atoms with Crippen molar-refractivity contribution in [3.05, 3.63) is 63.1 Å². The third-order valence-electron chi connectivity index (χ3n) is 3.27. The highest BCUT2D eigenvalue weighted by atomic mass is 35.5. The number of amides is 2. The van der Waals surface area contributed by atoms with E-state index in [0.717, 1.165) is 23.3 Å². The van der Waals surface area contributed by atoms with E-state index in [1.165, 1.54) is 6.07 Å². The highest BCUT2D eigenvalue weighted by molar-refractivity contribution is 6.31. The van der Waals surface area contributed by atoms with Crippen LogP contribution in [-0.4, -0.2) is 6.03 Å². The van der Waals surface area contributed by atoms with Crippen molar-refractivity contribution in [2.24, 2.45) is 0 Å². The highest BCUT2D eigenvalue weighted by Crippen LogP contribution is 2.36. The van der Waals surface area contributed by atoms with Crippen LogP contribution in [0.25, 0.3) is 0 Å². The number of carbonyl (C=O) groups is 1. The van der Waals surface area contributed by atoms with E-state index in [9.17, 15) is 18.0 Å². The van der Waals surface area contributed by atoms with E-state index in [4.69, 9.17) is 23.2 Å². The van der Waals surface area contributed by atoms with Gasteiger partial charge in [-0.15, -0.1) is 0 Å². The maximum Gasteiger partial charge on any atom is 0.417 e. The topological polar surface area (TPSA) is 41.1 Å². The van der Waals surface area contributed by atoms with Crippen LogP contribution >= 0.6 is 23.2 Å². The van der Waals surface area contributed by atoms with Gasteiger partial charge >= 0.3 is 12.2 Å². The Morgan fingerprint density at radius 1 is 1.12 bits per heavy atom. The van der Waals surface area contributed by atoms with E-state index in [2.05, 4.69) is 10.6 Å². The molecule has 3 nitrogen and oxygen atoms in total. The van der Waals surface area contributed by atoms with Crippen molar-refractivity contribution in [3.8, 4) is 0 Å². The van der Waals surface area contributed by atoms with Gasteiger partial charge in [0.2, 0.25) is 0 Å². The molecule has 2 amide bonds. The molecule has 0 saturated carbocycles. The smallest absolute Gasteiger partial charge is 0.334 e. The summed E-state index contributed by atoms with van der Waals surface area (Å²) in [6.45, 7) is 2.06. The molecule has 0 heterocycles. The molecule has 0 spiro atoms. The Bertz CT molecular complexity index is 763. The standard InChI is InChI=1S/C16H13Cl2F3N2O/c1-9-6-11(17)3-2-10(9)8-22-15(24)23-12-4-5-14(18)13(7-12)16(19,20)21/h2-7H,8H2,1H3,(H2,22,23,24). The van der Waals surface area contributed by atoms with Crippen molar-refractivity contribution in [3.63, 3.8) is 0 Å². The lowest BCUT2D eigenvalue weighted by Gasteiger charge is -2.13. The molecule has 0 fully saturated rings. The Labute approximate surface area is 146 Å². The summed E-state index contributed by atoms with van der Waals surface area (Å²) < 4.78 is 38.4. The minimum absolute atomic E-state index is 0.00273. The van der Waals surface area contributed by atoms with Gasteiger partial charge in [-0.2, -0.15) is 13.2 Å². The summed E-state index contributed by atoms with van der Waals surface area (Å²) in [5, 5.41) is 5.08. The predicted molar refractivity (Wildman–Crippen MR) is 88.5 cm³/mol. The molecule has 0 aromatic heterocycles. The fourth-order valence-corrected chi connectivity index (χ4v) is 2.48. The van der Waals surface area contributed by atoms with Crippen molar-refractivity contribution in [2.75, 3.05) is 5.32 Å². The van der Waals surface area contributed by atoms with Gasteiger partial charge in [-0.3, -0.25) is 0 Å². The number of nitrogens with one attached hydrogen (secondary N) is 2. The predicted octanol–water partition coefficient (Wildman–Crippen LogP) is 5.64. The fourth-order valence-electron chi connectivity index (χ4n) is 2.03. The molecule has 8 heteroatoms. The quantitative estimate of drug-likeness (QED) is 0.714. The molecule has 24 heavy (non-hydrogen) atoms. The molecular weight excluding hydrogens is 364 g/mol. The van der Waals surface area contributed by atoms with Gasteiger partial charge in [0.1, 0.15) is 0 Å². The van der Waals surface area contributed by atoms with E-state index >= 15 is 0 Å². The monoisotopic (exact) mass is 376 g/mol. The van der Waals surface area contributed by atoms with E-state index in [1.54, 1.807) is 18.2 Å². The average Bonchev–Trinajstić information content (AvgIpc) is 2.47. The largest absolute Gasteiger partial charge is 0.417 e. The molecule has 0 saturated heterocycles. The zero-order valence-corrected chi connectivity index (χ0v) is 14.0. The number of anilines is 1. The van der Waals surface area contributed by atoms with E-state index < -0.39 is 22.8 Å². The van der Waals surface area contributed by atoms with Crippen LogP contribution in [0, 0.1) is 6.92 Å². The maximum absolute atomic E-state index is 12.8. The summed E-state index contributed by atoms with van der Waals surface area (Å²) in [5.74, 6) is 0. The van der Waals surface area contributed by atoms with Crippen molar-refractivity contribution >= 4 is 34.9 Å². The molecule has 0 bridgehead atoms. The molecule has 0 unspecified atom stereocenters. The number of urea groups is 1. The molecule has 2 aromatic carbocycles. The molecule has 0 radical (unpaired) electrons. The van der Waals surface area contributed by atoms with Crippen LogP contribution in [0.1, 0.15) is 16.7 Å². The molecule has 2 rings (SSSR count). The number of halogens is 5. The van der Waals surface area contributed by atoms with E-state index in [0.29, 0.717) is 5.02 Å². The molecule has 0 aliphatic heterocycles. The summed E-state index contributed by atoms with van der Waals surface area (Å²) >= 11 is 11.4. The molecule has 2 aromatic rings. The van der Waals surface area contributed by atoms with Crippen LogP contribution in [0.3, 0.4) is 0 Å². The first-order valence-electron chi connectivity index (χ1n) is 6.83. The van der Waals surface area contributed by atoms with Crippen molar-refractivity contribution in [1.29, 1.82) is 0 Å². The lowest BCUT2D eigenvalue weighted by atomic mass is 10.1. The Balaban J connectivity index is 2.02. The van der Waals surface area contributed by atoms with E-state index in [-0.39, 0.29) is 12.2 Å². The molecule has 0 aliphatic carbocycles. The van der Waals surface area contributed by atoms with Crippen LogP contribution in [-0.2, 0) is 12.7 Å². The summed E-state index contributed by atoms with van der Waals surface area (Å²) in [5.41, 5.74) is 0.739. The molecule has 128 valence electrons. The first-order chi connectivity index (χ1) is 11.2. The second-order valence-electron chi connectivity index (χ2n) is 5.07. The SMILES string of the molecule is Cc1cc(Cl)ccc1CNC(=O)Nc1ccc(Cl)c(C(F)(F)F)c1. The number of carbonyl (C=O) groups excluding carboxylic acids is 1. The number of benzene rings is 2. The van der Waals surface area contributed by atoms with Gasteiger partial charge in [0.15, 0.2) is 0 Å². The van der Waals surface area contributed by atoms with Crippen LogP contribution in [0.4, 0.5) is 23.7 Å².